The Labute approximate surface area is 107 Å². The van der Waals surface area contributed by atoms with Gasteiger partial charge in [-0.2, -0.15) is 0 Å². The van der Waals surface area contributed by atoms with Gasteiger partial charge in [-0.05, 0) is 19.3 Å². The highest BCUT2D eigenvalue weighted by Gasteiger charge is 2.45. The molecule has 1 spiro atoms. The SMILES string of the molecule is Cn1ccnc1CN1CC[C@@]2(CCCO2)[C@@H](O)C1. The van der Waals surface area contributed by atoms with Crippen LogP contribution >= 0.6 is 0 Å². The Bertz CT molecular complexity index is 412. The van der Waals surface area contributed by atoms with Gasteiger partial charge in [-0.3, -0.25) is 4.90 Å². The average molecular weight is 251 g/mol. The van der Waals surface area contributed by atoms with E-state index in [1.54, 1.807) is 0 Å². The Hall–Kier alpha value is -0.910. The fraction of sp³-hybridized carbons (Fsp3) is 0.769. The Morgan fingerprint density at radius 1 is 1.56 bits per heavy atom. The maximum Gasteiger partial charge on any atom is 0.122 e. The van der Waals surface area contributed by atoms with Crippen molar-refractivity contribution in [2.24, 2.45) is 7.05 Å². The third kappa shape index (κ3) is 2.06. The molecule has 18 heavy (non-hydrogen) atoms. The number of aliphatic hydroxyl groups excluding tert-OH is 1. The van der Waals surface area contributed by atoms with E-state index in [1.165, 1.54) is 0 Å². The van der Waals surface area contributed by atoms with Crippen molar-refractivity contribution in [2.45, 2.75) is 37.5 Å². The molecule has 0 unspecified atom stereocenters. The molecule has 2 aliphatic rings. The number of aliphatic hydroxyl groups is 1. The normalized spacial score (nSPS) is 33.3. The van der Waals surface area contributed by atoms with E-state index in [1.807, 2.05) is 24.0 Å². The van der Waals surface area contributed by atoms with Gasteiger partial charge in [0.25, 0.3) is 0 Å². The number of likely N-dealkylation sites (tertiary alicyclic amines) is 1. The number of ether oxygens (including phenoxy) is 1. The fourth-order valence-corrected chi connectivity index (χ4v) is 3.09. The van der Waals surface area contributed by atoms with Crippen molar-refractivity contribution >= 4 is 0 Å². The number of β-amino-alcohol motifs (C(OH)–C–C–N with tert-alkyl or cyclic N) is 1. The van der Waals surface area contributed by atoms with E-state index < -0.39 is 0 Å². The summed E-state index contributed by atoms with van der Waals surface area (Å²) in [6, 6.07) is 0. The molecule has 3 rings (SSSR count). The van der Waals surface area contributed by atoms with Crippen molar-refractivity contribution in [1.29, 1.82) is 0 Å². The molecule has 0 amide bonds. The largest absolute Gasteiger partial charge is 0.389 e. The van der Waals surface area contributed by atoms with E-state index in [9.17, 15) is 5.11 Å². The number of rotatable bonds is 2. The van der Waals surface area contributed by atoms with Crippen LogP contribution in [0.3, 0.4) is 0 Å². The topological polar surface area (TPSA) is 50.5 Å². The van der Waals surface area contributed by atoms with E-state index in [4.69, 9.17) is 4.74 Å². The lowest BCUT2D eigenvalue weighted by molar-refractivity contribution is -0.130. The summed E-state index contributed by atoms with van der Waals surface area (Å²) < 4.78 is 7.83. The van der Waals surface area contributed by atoms with Crippen LogP contribution < -0.4 is 0 Å². The first kappa shape index (κ1) is 12.1. The lowest BCUT2D eigenvalue weighted by Crippen LogP contribution is -2.54. The molecule has 2 atom stereocenters. The van der Waals surface area contributed by atoms with Gasteiger partial charge >= 0.3 is 0 Å². The molecular formula is C13H21N3O2. The highest BCUT2D eigenvalue weighted by molar-refractivity contribution is 4.99. The molecule has 2 saturated heterocycles. The quantitative estimate of drug-likeness (QED) is 0.833. The number of hydrogen-bond acceptors (Lipinski definition) is 4. The molecule has 3 heterocycles. The van der Waals surface area contributed by atoms with Crippen LogP contribution in [0.1, 0.15) is 25.1 Å². The summed E-state index contributed by atoms with van der Waals surface area (Å²) in [5, 5.41) is 10.3. The summed E-state index contributed by atoms with van der Waals surface area (Å²) >= 11 is 0. The first-order valence-corrected chi connectivity index (χ1v) is 6.70. The second-order valence-electron chi connectivity index (χ2n) is 5.47. The van der Waals surface area contributed by atoms with Crippen LogP contribution in [0.25, 0.3) is 0 Å². The molecule has 0 saturated carbocycles. The minimum absolute atomic E-state index is 0.252. The third-order valence-corrected chi connectivity index (χ3v) is 4.31. The highest BCUT2D eigenvalue weighted by atomic mass is 16.5. The summed E-state index contributed by atoms with van der Waals surface area (Å²) in [4.78, 5) is 6.60. The van der Waals surface area contributed by atoms with Crippen LogP contribution in [-0.4, -0.2) is 51.0 Å². The van der Waals surface area contributed by atoms with Crippen LogP contribution in [0, 0.1) is 0 Å². The Balaban J connectivity index is 1.63. The Morgan fingerprint density at radius 3 is 3.06 bits per heavy atom. The molecular weight excluding hydrogens is 230 g/mol. The van der Waals surface area contributed by atoms with Crippen LogP contribution in [0.4, 0.5) is 0 Å². The maximum absolute atomic E-state index is 10.3. The maximum atomic E-state index is 10.3. The molecule has 0 aliphatic carbocycles. The van der Waals surface area contributed by atoms with Gasteiger partial charge < -0.3 is 14.4 Å². The van der Waals surface area contributed by atoms with Gasteiger partial charge in [0.05, 0.1) is 18.2 Å². The molecule has 1 aromatic heterocycles. The second-order valence-corrected chi connectivity index (χ2v) is 5.47. The number of aromatic nitrogens is 2. The number of hydrogen-bond donors (Lipinski definition) is 1. The molecule has 2 aliphatic heterocycles. The van der Waals surface area contributed by atoms with Gasteiger partial charge in [-0.25, -0.2) is 4.98 Å². The van der Waals surface area contributed by atoms with Crippen molar-refractivity contribution < 1.29 is 9.84 Å². The Morgan fingerprint density at radius 2 is 2.44 bits per heavy atom. The monoisotopic (exact) mass is 251 g/mol. The van der Waals surface area contributed by atoms with Gasteiger partial charge in [0, 0.05) is 39.1 Å². The summed E-state index contributed by atoms with van der Waals surface area (Å²) in [5.74, 6) is 1.05. The zero-order valence-electron chi connectivity index (χ0n) is 10.9. The first-order valence-electron chi connectivity index (χ1n) is 6.70. The molecule has 0 aromatic carbocycles. The third-order valence-electron chi connectivity index (χ3n) is 4.31. The summed E-state index contributed by atoms with van der Waals surface area (Å²) in [5.41, 5.74) is -0.252. The van der Waals surface area contributed by atoms with Crippen molar-refractivity contribution in [2.75, 3.05) is 19.7 Å². The van der Waals surface area contributed by atoms with E-state index in [2.05, 4.69) is 9.88 Å². The van der Waals surface area contributed by atoms with Gasteiger partial charge in [-0.1, -0.05) is 0 Å². The summed E-state index contributed by atoms with van der Waals surface area (Å²) in [7, 11) is 2.00. The lowest BCUT2D eigenvalue weighted by atomic mass is 9.86. The van der Waals surface area contributed by atoms with Crippen LogP contribution in [0.5, 0.6) is 0 Å². The van der Waals surface area contributed by atoms with Gasteiger partial charge in [0.15, 0.2) is 0 Å². The van der Waals surface area contributed by atoms with Crippen LogP contribution in [0.2, 0.25) is 0 Å². The highest BCUT2D eigenvalue weighted by Crippen LogP contribution is 2.36. The van der Waals surface area contributed by atoms with E-state index >= 15 is 0 Å². The Kier molecular flexibility index (Phi) is 3.13. The van der Waals surface area contributed by atoms with Crippen molar-refractivity contribution in [3.63, 3.8) is 0 Å². The lowest BCUT2D eigenvalue weighted by Gasteiger charge is -2.42. The smallest absolute Gasteiger partial charge is 0.122 e. The molecule has 5 nitrogen and oxygen atoms in total. The predicted octanol–water partition coefficient (Wildman–Crippen LogP) is 0.536. The average Bonchev–Trinajstić information content (AvgIpc) is 2.96. The molecule has 2 fully saturated rings. The number of nitrogens with zero attached hydrogens (tertiary/aromatic N) is 3. The zero-order valence-corrected chi connectivity index (χ0v) is 10.9. The van der Waals surface area contributed by atoms with Gasteiger partial charge in [0.1, 0.15) is 5.82 Å². The van der Waals surface area contributed by atoms with E-state index in [-0.39, 0.29) is 11.7 Å². The van der Waals surface area contributed by atoms with Gasteiger partial charge in [-0.15, -0.1) is 0 Å². The molecule has 1 aromatic rings. The minimum Gasteiger partial charge on any atom is -0.389 e. The summed E-state index contributed by atoms with van der Waals surface area (Å²) in [6.07, 6.45) is 6.42. The number of piperidine rings is 1. The van der Waals surface area contributed by atoms with Crippen LogP contribution in [-0.2, 0) is 18.3 Å². The second kappa shape index (κ2) is 4.64. The zero-order chi connectivity index (χ0) is 12.6. The predicted molar refractivity (Wildman–Crippen MR) is 67.0 cm³/mol. The minimum atomic E-state index is -0.367. The number of imidazole rings is 1. The molecule has 1 N–H and O–H groups in total. The number of aryl methyl sites for hydroxylation is 1. The molecule has 0 bridgehead atoms. The van der Waals surface area contributed by atoms with Gasteiger partial charge in [0.2, 0.25) is 0 Å². The van der Waals surface area contributed by atoms with Crippen molar-refractivity contribution in [3.8, 4) is 0 Å². The van der Waals surface area contributed by atoms with Crippen molar-refractivity contribution in [3.05, 3.63) is 18.2 Å². The first-order chi connectivity index (χ1) is 8.70. The molecule has 0 radical (unpaired) electrons. The summed E-state index contributed by atoms with van der Waals surface area (Å²) in [6.45, 7) is 3.27. The van der Waals surface area contributed by atoms with E-state index in [0.717, 1.165) is 44.8 Å². The fourth-order valence-electron chi connectivity index (χ4n) is 3.09. The van der Waals surface area contributed by atoms with Crippen molar-refractivity contribution in [1.82, 2.24) is 14.5 Å². The molecule has 100 valence electrons. The van der Waals surface area contributed by atoms with E-state index in [0.29, 0.717) is 6.54 Å². The molecule has 5 heteroatoms. The standard InChI is InChI=1S/C13H21N3O2/c1-15-7-5-14-12(15)10-16-6-4-13(11(17)9-16)3-2-8-18-13/h5,7,11,17H,2-4,6,8-10H2,1H3/t11-,13-/m0/s1. The van der Waals surface area contributed by atoms with Crippen LogP contribution in [0.15, 0.2) is 12.4 Å².